The molecule has 0 aliphatic carbocycles. The lowest BCUT2D eigenvalue weighted by molar-refractivity contribution is -0.137. The molecule has 0 aromatic carbocycles. The monoisotopic (exact) mass is 274 g/mol. The Morgan fingerprint density at radius 1 is 1.64 bits per heavy atom. The van der Waals surface area contributed by atoms with Gasteiger partial charge in [0.05, 0.1) is 10.4 Å². The van der Waals surface area contributed by atoms with E-state index >= 15 is 0 Å². The number of rotatable bonds is 3. The van der Waals surface area contributed by atoms with Gasteiger partial charge >= 0.3 is 5.97 Å². The van der Waals surface area contributed by atoms with Crippen molar-refractivity contribution in [3.63, 3.8) is 0 Å². The number of carbonyl (C=O) groups is 1. The Labute approximate surface area is 95.7 Å². The zero-order chi connectivity index (χ0) is 10.6. The van der Waals surface area contributed by atoms with Crippen molar-refractivity contribution in [1.82, 2.24) is 0 Å². The van der Waals surface area contributed by atoms with Crippen LogP contribution in [0.2, 0.25) is 0 Å². The van der Waals surface area contributed by atoms with Crippen molar-refractivity contribution in [3.8, 4) is 0 Å². The highest BCUT2D eigenvalue weighted by Gasteiger charge is 2.03. The molecule has 0 atom stereocenters. The number of halogens is 1. The molecule has 0 aliphatic rings. The van der Waals surface area contributed by atoms with Crippen LogP contribution in [0, 0.1) is 0 Å². The van der Waals surface area contributed by atoms with Gasteiger partial charge in [-0.05, 0) is 47.5 Å². The van der Waals surface area contributed by atoms with Crippen LogP contribution in [-0.2, 0) is 9.53 Å². The van der Waals surface area contributed by atoms with E-state index < -0.39 is 0 Å². The van der Waals surface area contributed by atoms with Crippen LogP contribution in [0.4, 0.5) is 0 Å². The molecule has 4 heteroatoms. The third-order valence-electron chi connectivity index (χ3n) is 1.58. The molecule has 0 aliphatic heterocycles. The van der Waals surface area contributed by atoms with Crippen LogP contribution in [0.15, 0.2) is 22.0 Å². The Hall–Kier alpha value is -0.610. The number of hydrogen-bond donors (Lipinski definition) is 0. The predicted molar refractivity (Wildman–Crippen MR) is 62.3 cm³/mol. The standard InChI is InChI=1S/C10H11BrO2S/c1-3-13-10(12)6-7(2)8-4-5-9(11)14-8/h4-6H,3H2,1-2H3/b7-6+. The van der Waals surface area contributed by atoms with E-state index in [0.29, 0.717) is 6.61 Å². The van der Waals surface area contributed by atoms with Crippen molar-refractivity contribution in [1.29, 1.82) is 0 Å². The summed E-state index contributed by atoms with van der Waals surface area (Å²) in [5.74, 6) is -0.283. The third kappa shape index (κ3) is 3.27. The summed E-state index contributed by atoms with van der Waals surface area (Å²) in [4.78, 5) is 12.2. The fraction of sp³-hybridized carbons (Fsp3) is 0.300. The first kappa shape index (κ1) is 11.5. The van der Waals surface area contributed by atoms with E-state index in [1.54, 1.807) is 18.3 Å². The lowest BCUT2D eigenvalue weighted by Gasteiger charge is -1.98. The second-order valence-corrected chi connectivity index (χ2v) is 5.15. The zero-order valence-corrected chi connectivity index (χ0v) is 10.4. The smallest absolute Gasteiger partial charge is 0.331 e. The van der Waals surface area contributed by atoms with E-state index in [-0.39, 0.29) is 5.97 Å². The number of carbonyl (C=O) groups excluding carboxylic acids is 1. The van der Waals surface area contributed by atoms with Gasteiger partial charge in [0.15, 0.2) is 0 Å². The van der Waals surface area contributed by atoms with Gasteiger partial charge in [-0.2, -0.15) is 0 Å². The van der Waals surface area contributed by atoms with Crippen molar-refractivity contribution >= 4 is 38.8 Å². The summed E-state index contributed by atoms with van der Waals surface area (Å²) in [5, 5.41) is 0. The summed E-state index contributed by atoms with van der Waals surface area (Å²) in [5.41, 5.74) is 0.930. The van der Waals surface area contributed by atoms with Crippen molar-refractivity contribution < 1.29 is 9.53 Å². The van der Waals surface area contributed by atoms with Crippen molar-refractivity contribution in [2.45, 2.75) is 13.8 Å². The maximum absolute atomic E-state index is 11.1. The van der Waals surface area contributed by atoms with Gasteiger partial charge in [0, 0.05) is 11.0 Å². The molecule has 1 aromatic heterocycles. The third-order valence-corrected chi connectivity index (χ3v) is 3.34. The maximum atomic E-state index is 11.1. The molecule has 0 bridgehead atoms. The number of allylic oxidation sites excluding steroid dienone is 1. The number of hydrogen-bond acceptors (Lipinski definition) is 3. The second kappa shape index (κ2) is 5.32. The van der Waals surface area contributed by atoms with E-state index in [1.807, 2.05) is 19.1 Å². The number of ether oxygens (including phenoxy) is 1. The van der Waals surface area contributed by atoms with Crippen LogP contribution >= 0.6 is 27.3 Å². The molecular formula is C10H11BrO2S. The first-order chi connectivity index (χ1) is 6.63. The minimum Gasteiger partial charge on any atom is -0.463 e. The SMILES string of the molecule is CCOC(=O)/C=C(\C)c1ccc(Br)s1. The van der Waals surface area contributed by atoms with Crippen molar-refractivity contribution in [3.05, 3.63) is 26.9 Å². The van der Waals surface area contributed by atoms with E-state index in [0.717, 1.165) is 14.2 Å². The topological polar surface area (TPSA) is 26.3 Å². The molecule has 0 unspecified atom stereocenters. The van der Waals surface area contributed by atoms with Gasteiger partial charge in [-0.1, -0.05) is 0 Å². The van der Waals surface area contributed by atoms with Gasteiger partial charge in [-0.3, -0.25) is 0 Å². The van der Waals surface area contributed by atoms with Gasteiger partial charge in [0.1, 0.15) is 0 Å². The Balaban J connectivity index is 2.74. The summed E-state index contributed by atoms with van der Waals surface area (Å²) in [6.45, 7) is 4.11. The molecule has 0 N–H and O–H groups in total. The van der Waals surface area contributed by atoms with E-state index in [2.05, 4.69) is 15.9 Å². The summed E-state index contributed by atoms with van der Waals surface area (Å²) in [6.07, 6.45) is 1.52. The first-order valence-corrected chi connectivity index (χ1v) is 5.85. The van der Waals surface area contributed by atoms with Crippen molar-refractivity contribution in [2.75, 3.05) is 6.61 Å². The lowest BCUT2D eigenvalue weighted by atomic mass is 10.2. The molecule has 0 radical (unpaired) electrons. The van der Waals surface area contributed by atoms with Gasteiger partial charge < -0.3 is 4.74 Å². The highest BCUT2D eigenvalue weighted by molar-refractivity contribution is 9.11. The Kier molecular flexibility index (Phi) is 4.35. The fourth-order valence-electron chi connectivity index (χ4n) is 0.958. The normalized spacial score (nSPS) is 11.5. The minimum absolute atomic E-state index is 0.283. The van der Waals surface area contributed by atoms with E-state index in [1.165, 1.54) is 6.08 Å². The Morgan fingerprint density at radius 2 is 2.36 bits per heavy atom. The summed E-state index contributed by atoms with van der Waals surface area (Å²) < 4.78 is 5.88. The van der Waals surface area contributed by atoms with Crippen molar-refractivity contribution in [2.24, 2.45) is 0 Å². The molecule has 0 amide bonds. The number of thiophene rings is 1. The molecule has 0 saturated heterocycles. The second-order valence-electron chi connectivity index (χ2n) is 2.68. The van der Waals surface area contributed by atoms with Gasteiger partial charge in [-0.25, -0.2) is 4.79 Å². The molecule has 0 saturated carbocycles. The number of esters is 1. The summed E-state index contributed by atoms with van der Waals surface area (Å²) >= 11 is 4.97. The molecule has 76 valence electrons. The molecule has 2 nitrogen and oxygen atoms in total. The molecule has 0 fully saturated rings. The van der Waals surface area contributed by atoms with Crippen LogP contribution in [-0.4, -0.2) is 12.6 Å². The van der Waals surface area contributed by atoms with E-state index in [9.17, 15) is 4.79 Å². The summed E-state index contributed by atoms with van der Waals surface area (Å²) in [6, 6.07) is 3.93. The average molecular weight is 275 g/mol. The molecule has 14 heavy (non-hydrogen) atoms. The average Bonchev–Trinajstić information content (AvgIpc) is 2.52. The zero-order valence-electron chi connectivity index (χ0n) is 8.04. The van der Waals surface area contributed by atoms with E-state index in [4.69, 9.17) is 4.74 Å². The Morgan fingerprint density at radius 3 is 2.86 bits per heavy atom. The fourth-order valence-corrected chi connectivity index (χ4v) is 2.32. The molecule has 1 rings (SSSR count). The van der Waals surface area contributed by atoms with Gasteiger partial charge in [-0.15, -0.1) is 11.3 Å². The molecule has 0 spiro atoms. The largest absolute Gasteiger partial charge is 0.463 e. The first-order valence-electron chi connectivity index (χ1n) is 4.24. The molecular weight excluding hydrogens is 264 g/mol. The molecule has 1 aromatic rings. The molecule has 1 heterocycles. The van der Waals surface area contributed by atoms with Crippen LogP contribution in [0.5, 0.6) is 0 Å². The van der Waals surface area contributed by atoms with Crippen LogP contribution in [0.25, 0.3) is 5.57 Å². The predicted octanol–water partition coefficient (Wildman–Crippen LogP) is 3.48. The van der Waals surface area contributed by atoms with Gasteiger partial charge in [0.25, 0.3) is 0 Å². The lowest BCUT2D eigenvalue weighted by Crippen LogP contribution is -1.99. The highest BCUT2D eigenvalue weighted by atomic mass is 79.9. The minimum atomic E-state index is -0.283. The maximum Gasteiger partial charge on any atom is 0.331 e. The highest BCUT2D eigenvalue weighted by Crippen LogP contribution is 2.27. The Bertz CT molecular complexity index is 355. The summed E-state index contributed by atoms with van der Waals surface area (Å²) in [7, 11) is 0. The van der Waals surface area contributed by atoms with Gasteiger partial charge in [0.2, 0.25) is 0 Å². The van der Waals surface area contributed by atoms with Crippen LogP contribution in [0.1, 0.15) is 18.7 Å². The van der Waals surface area contributed by atoms with Crippen LogP contribution < -0.4 is 0 Å². The van der Waals surface area contributed by atoms with Crippen LogP contribution in [0.3, 0.4) is 0 Å². The quantitative estimate of drug-likeness (QED) is 0.623.